The van der Waals surface area contributed by atoms with Gasteiger partial charge in [-0.25, -0.2) is 4.79 Å². The number of hydrogen-bond acceptors (Lipinski definition) is 6. The molecule has 1 aromatic heterocycles. The van der Waals surface area contributed by atoms with Crippen LogP contribution in [0.1, 0.15) is 19.2 Å². The van der Waals surface area contributed by atoms with E-state index < -0.39 is 11.9 Å². The van der Waals surface area contributed by atoms with Gasteiger partial charge in [0, 0.05) is 7.05 Å². The third-order valence-electron chi connectivity index (χ3n) is 3.32. The molecule has 2 rings (SSSR count). The number of hydrogen-bond donors (Lipinski definition) is 2. The maximum atomic E-state index is 11.9. The summed E-state index contributed by atoms with van der Waals surface area (Å²) in [6.45, 7) is 2.98. The topological polar surface area (TPSA) is 100 Å². The average Bonchev–Trinajstić information content (AvgIpc) is 3.03. The van der Waals surface area contributed by atoms with Gasteiger partial charge >= 0.3 is 6.03 Å². The monoisotopic (exact) mass is 365 g/mol. The van der Waals surface area contributed by atoms with Crippen molar-refractivity contribution in [2.45, 2.75) is 19.9 Å². The van der Waals surface area contributed by atoms with E-state index in [9.17, 15) is 9.59 Å². The van der Waals surface area contributed by atoms with E-state index in [0.717, 1.165) is 6.42 Å². The van der Waals surface area contributed by atoms with Crippen molar-refractivity contribution in [3.63, 3.8) is 0 Å². The van der Waals surface area contributed by atoms with Crippen LogP contribution in [0.4, 0.5) is 4.79 Å². The molecule has 1 heterocycles. The summed E-state index contributed by atoms with van der Waals surface area (Å²) in [6.07, 6.45) is 0.832. The van der Waals surface area contributed by atoms with E-state index in [1.807, 2.05) is 24.0 Å². The Bertz CT molecular complexity index is 734. The third-order valence-corrected chi connectivity index (χ3v) is 3.65. The molecule has 0 saturated carbocycles. The van der Waals surface area contributed by atoms with Gasteiger partial charge in [0.1, 0.15) is 0 Å². The lowest BCUT2D eigenvalue weighted by Crippen LogP contribution is -2.43. The summed E-state index contributed by atoms with van der Waals surface area (Å²) in [7, 11) is 1.45. The summed E-state index contributed by atoms with van der Waals surface area (Å²) >= 11 is 6.13. The minimum atomic E-state index is -0.541. The van der Waals surface area contributed by atoms with Crippen LogP contribution in [0.5, 0.6) is 0 Å². The number of carbonyl (C=O) groups excluding carboxylic acids is 2. The Hall–Kier alpha value is -2.45. The first kappa shape index (κ1) is 18.9. The van der Waals surface area contributed by atoms with Crippen molar-refractivity contribution in [3.8, 4) is 11.5 Å². The fourth-order valence-corrected chi connectivity index (χ4v) is 2.43. The predicted molar refractivity (Wildman–Crippen MR) is 92.9 cm³/mol. The van der Waals surface area contributed by atoms with E-state index >= 15 is 0 Å². The van der Waals surface area contributed by atoms with E-state index in [-0.39, 0.29) is 6.54 Å². The molecule has 0 radical (unpaired) electrons. The zero-order valence-electron chi connectivity index (χ0n) is 14.1. The molecule has 2 N–H and O–H groups in total. The Morgan fingerprint density at radius 2 is 2.04 bits per heavy atom. The van der Waals surface area contributed by atoms with Crippen molar-refractivity contribution < 1.29 is 14.0 Å². The van der Waals surface area contributed by atoms with Crippen LogP contribution in [0, 0.1) is 0 Å². The number of urea groups is 1. The summed E-state index contributed by atoms with van der Waals surface area (Å²) in [4.78, 5) is 24.9. The number of nitrogens with zero attached hydrogens (tertiary/aromatic N) is 3. The summed E-state index contributed by atoms with van der Waals surface area (Å²) < 4.78 is 5.65. The molecule has 0 aliphatic rings. The minimum Gasteiger partial charge on any atom is -0.419 e. The van der Waals surface area contributed by atoms with Crippen LogP contribution >= 0.6 is 11.6 Å². The summed E-state index contributed by atoms with van der Waals surface area (Å²) in [5.74, 6) is 0.293. The molecule has 0 saturated heterocycles. The highest BCUT2D eigenvalue weighted by Crippen LogP contribution is 2.26. The second-order valence-corrected chi connectivity index (χ2v) is 5.73. The number of nitrogens with one attached hydrogen (secondary N) is 2. The predicted octanol–water partition coefficient (Wildman–Crippen LogP) is 2.06. The van der Waals surface area contributed by atoms with E-state index in [1.165, 1.54) is 7.05 Å². The first-order valence-electron chi connectivity index (χ1n) is 7.84. The Kier molecular flexibility index (Phi) is 6.91. The van der Waals surface area contributed by atoms with Gasteiger partial charge in [-0.2, -0.15) is 0 Å². The van der Waals surface area contributed by atoms with Gasteiger partial charge in [-0.1, -0.05) is 30.7 Å². The standard InChI is InChI=1S/C16H20ClN5O3/c1-3-8-22(9-13(23)19-16(24)18-2)10-14-20-21-15(25-14)11-6-4-5-7-12(11)17/h4-7H,3,8-10H2,1-2H3,(H2,18,19,23,24). The zero-order valence-corrected chi connectivity index (χ0v) is 14.8. The highest BCUT2D eigenvalue weighted by atomic mass is 35.5. The van der Waals surface area contributed by atoms with E-state index in [1.54, 1.807) is 12.1 Å². The maximum absolute atomic E-state index is 11.9. The van der Waals surface area contributed by atoms with E-state index in [4.69, 9.17) is 16.0 Å². The van der Waals surface area contributed by atoms with Gasteiger partial charge in [0.05, 0.1) is 23.7 Å². The lowest BCUT2D eigenvalue weighted by Gasteiger charge is -2.18. The lowest BCUT2D eigenvalue weighted by atomic mass is 10.2. The largest absolute Gasteiger partial charge is 0.419 e. The van der Waals surface area contributed by atoms with Gasteiger partial charge in [0.15, 0.2) is 0 Å². The number of benzene rings is 1. The van der Waals surface area contributed by atoms with Gasteiger partial charge in [0.25, 0.3) is 0 Å². The quantitative estimate of drug-likeness (QED) is 0.779. The van der Waals surface area contributed by atoms with Crippen molar-refractivity contribution in [2.24, 2.45) is 0 Å². The second kappa shape index (κ2) is 9.14. The fraction of sp³-hybridized carbons (Fsp3) is 0.375. The Morgan fingerprint density at radius 3 is 2.72 bits per heavy atom. The first-order chi connectivity index (χ1) is 12.0. The first-order valence-corrected chi connectivity index (χ1v) is 8.22. The molecule has 0 fully saturated rings. The summed E-state index contributed by atoms with van der Waals surface area (Å²) in [5.41, 5.74) is 0.655. The summed E-state index contributed by atoms with van der Waals surface area (Å²) in [6, 6.07) is 6.64. The maximum Gasteiger partial charge on any atom is 0.321 e. The Balaban J connectivity index is 2.04. The van der Waals surface area contributed by atoms with Crippen LogP contribution in [0.15, 0.2) is 28.7 Å². The molecule has 0 aliphatic carbocycles. The van der Waals surface area contributed by atoms with Gasteiger partial charge in [-0.05, 0) is 25.1 Å². The van der Waals surface area contributed by atoms with Gasteiger partial charge in [0.2, 0.25) is 17.7 Å². The number of halogens is 1. The fourth-order valence-electron chi connectivity index (χ4n) is 2.21. The number of amides is 3. The SMILES string of the molecule is CCCN(CC(=O)NC(=O)NC)Cc1nnc(-c2ccccc2Cl)o1. The second-order valence-electron chi connectivity index (χ2n) is 5.32. The molecule has 134 valence electrons. The van der Waals surface area contributed by atoms with Crippen molar-refractivity contribution in [3.05, 3.63) is 35.2 Å². The average molecular weight is 366 g/mol. The lowest BCUT2D eigenvalue weighted by molar-refractivity contribution is -0.121. The van der Waals surface area contributed by atoms with Crippen molar-refractivity contribution >= 4 is 23.5 Å². The van der Waals surface area contributed by atoms with Crippen LogP contribution in [0.25, 0.3) is 11.5 Å². The molecular weight excluding hydrogens is 346 g/mol. The molecule has 0 aliphatic heterocycles. The molecule has 3 amide bonds. The normalized spacial score (nSPS) is 10.7. The number of rotatable bonds is 7. The highest BCUT2D eigenvalue weighted by molar-refractivity contribution is 6.33. The van der Waals surface area contributed by atoms with Crippen molar-refractivity contribution in [1.82, 2.24) is 25.7 Å². The number of aromatic nitrogens is 2. The molecule has 0 bridgehead atoms. The van der Waals surface area contributed by atoms with Gasteiger partial charge in [-0.3, -0.25) is 15.0 Å². The molecule has 0 atom stereocenters. The molecule has 9 heteroatoms. The van der Waals surface area contributed by atoms with Crippen LogP contribution in [0.2, 0.25) is 5.02 Å². The van der Waals surface area contributed by atoms with E-state index in [2.05, 4.69) is 20.8 Å². The Morgan fingerprint density at radius 1 is 1.28 bits per heavy atom. The number of imide groups is 1. The van der Waals surface area contributed by atoms with Crippen molar-refractivity contribution in [1.29, 1.82) is 0 Å². The zero-order chi connectivity index (χ0) is 18.2. The number of carbonyl (C=O) groups is 2. The van der Waals surface area contributed by atoms with Crippen molar-refractivity contribution in [2.75, 3.05) is 20.1 Å². The van der Waals surface area contributed by atoms with E-state index in [0.29, 0.717) is 35.5 Å². The van der Waals surface area contributed by atoms with Crippen LogP contribution in [0.3, 0.4) is 0 Å². The van der Waals surface area contributed by atoms with Crippen LogP contribution < -0.4 is 10.6 Å². The smallest absolute Gasteiger partial charge is 0.321 e. The highest BCUT2D eigenvalue weighted by Gasteiger charge is 2.17. The molecule has 0 spiro atoms. The molecule has 2 aromatic rings. The van der Waals surface area contributed by atoms with Crippen LogP contribution in [-0.4, -0.2) is 47.2 Å². The molecular formula is C16H20ClN5O3. The molecule has 8 nitrogen and oxygen atoms in total. The minimum absolute atomic E-state index is 0.0467. The third kappa shape index (κ3) is 5.54. The molecule has 1 aromatic carbocycles. The van der Waals surface area contributed by atoms with Crippen LogP contribution in [-0.2, 0) is 11.3 Å². The molecule has 25 heavy (non-hydrogen) atoms. The molecule has 0 unspecified atom stereocenters. The summed E-state index contributed by atoms with van der Waals surface area (Å²) in [5, 5.41) is 13.1. The Labute approximate surface area is 150 Å². The van der Waals surface area contributed by atoms with Gasteiger partial charge in [-0.15, -0.1) is 10.2 Å². The van der Waals surface area contributed by atoms with Gasteiger partial charge < -0.3 is 9.73 Å².